The van der Waals surface area contributed by atoms with Gasteiger partial charge in [0.15, 0.2) is 11.5 Å². The van der Waals surface area contributed by atoms with Crippen LogP contribution in [0.3, 0.4) is 0 Å². The molecule has 0 unspecified atom stereocenters. The summed E-state index contributed by atoms with van der Waals surface area (Å²) in [7, 11) is 0. The summed E-state index contributed by atoms with van der Waals surface area (Å²) >= 11 is 0. The smallest absolute Gasteiger partial charge is 0.289 e. The molecule has 4 rings (SSSR count). The Hall–Kier alpha value is -2.89. The number of nitrogens with zero attached hydrogens (tertiary/aromatic N) is 1. The third kappa shape index (κ3) is 4.58. The van der Waals surface area contributed by atoms with E-state index in [0.717, 1.165) is 19.3 Å². The lowest BCUT2D eigenvalue weighted by Gasteiger charge is -2.31. The third-order valence-corrected chi connectivity index (χ3v) is 5.88. The lowest BCUT2D eigenvalue weighted by molar-refractivity contribution is -0.122. The van der Waals surface area contributed by atoms with Crippen molar-refractivity contribution in [2.75, 3.05) is 13.1 Å². The largest absolute Gasteiger partial charge is 0.459 e. The molecule has 1 N–H and O–H groups in total. The van der Waals surface area contributed by atoms with Crippen molar-refractivity contribution in [2.24, 2.45) is 0 Å². The van der Waals surface area contributed by atoms with Crippen LogP contribution in [0.25, 0.3) is 0 Å². The summed E-state index contributed by atoms with van der Waals surface area (Å²) in [6.45, 7) is 1.16. The number of carbonyl (C=O) groups is 3. The predicted molar refractivity (Wildman–Crippen MR) is 108 cm³/mol. The van der Waals surface area contributed by atoms with Crippen molar-refractivity contribution in [1.82, 2.24) is 10.2 Å². The van der Waals surface area contributed by atoms with Gasteiger partial charge in [-0.1, -0.05) is 12.1 Å². The molecule has 1 aliphatic heterocycles. The summed E-state index contributed by atoms with van der Waals surface area (Å²) in [6.07, 6.45) is 6.61. The van der Waals surface area contributed by atoms with Gasteiger partial charge in [0.25, 0.3) is 5.91 Å². The van der Waals surface area contributed by atoms with Gasteiger partial charge in [0.05, 0.1) is 6.26 Å². The molecule has 2 amide bonds. The summed E-state index contributed by atoms with van der Waals surface area (Å²) in [5, 5.41) is 3.01. The Labute approximate surface area is 170 Å². The number of likely N-dealkylation sites (tertiary alicyclic amines) is 1. The molecule has 6 heteroatoms. The van der Waals surface area contributed by atoms with Crippen LogP contribution in [0.5, 0.6) is 0 Å². The van der Waals surface area contributed by atoms with Gasteiger partial charge < -0.3 is 14.6 Å². The Bertz CT molecular complexity index is 896. The summed E-state index contributed by atoms with van der Waals surface area (Å²) in [5.41, 5.74) is 3.33. The average molecular weight is 394 g/mol. The van der Waals surface area contributed by atoms with E-state index in [9.17, 15) is 14.4 Å². The van der Waals surface area contributed by atoms with Crippen LogP contribution in [0, 0.1) is 0 Å². The second-order valence-electron chi connectivity index (χ2n) is 7.87. The molecule has 2 heterocycles. The van der Waals surface area contributed by atoms with Gasteiger partial charge in [-0.05, 0) is 61.4 Å². The number of furan rings is 1. The van der Waals surface area contributed by atoms with E-state index in [1.807, 2.05) is 18.2 Å². The molecule has 0 radical (unpaired) electrons. The molecule has 152 valence electrons. The van der Waals surface area contributed by atoms with E-state index in [2.05, 4.69) is 5.32 Å². The Morgan fingerprint density at radius 3 is 2.59 bits per heavy atom. The number of rotatable bonds is 6. The van der Waals surface area contributed by atoms with Crippen molar-refractivity contribution in [2.45, 2.75) is 51.0 Å². The molecule has 1 aromatic heterocycles. The van der Waals surface area contributed by atoms with E-state index in [-0.39, 0.29) is 36.5 Å². The zero-order valence-corrected chi connectivity index (χ0v) is 16.5. The van der Waals surface area contributed by atoms with Crippen molar-refractivity contribution >= 4 is 17.6 Å². The molecule has 0 atom stereocenters. The summed E-state index contributed by atoms with van der Waals surface area (Å²) < 4.78 is 5.16. The second kappa shape index (κ2) is 8.64. The quantitative estimate of drug-likeness (QED) is 0.764. The number of nitrogens with one attached hydrogen (secondary N) is 1. The van der Waals surface area contributed by atoms with E-state index >= 15 is 0 Å². The molecule has 6 nitrogen and oxygen atoms in total. The number of benzene rings is 1. The number of piperidine rings is 1. The van der Waals surface area contributed by atoms with Gasteiger partial charge >= 0.3 is 0 Å². The molecule has 0 bridgehead atoms. The fourth-order valence-electron chi connectivity index (χ4n) is 4.20. The first-order valence-corrected chi connectivity index (χ1v) is 10.4. The molecule has 1 saturated heterocycles. The first-order valence-electron chi connectivity index (χ1n) is 10.4. The average Bonchev–Trinajstić information content (AvgIpc) is 3.43. The van der Waals surface area contributed by atoms with Crippen LogP contribution in [-0.4, -0.2) is 41.6 Å². The molecular formula is C23H26N2O4. The van der Waals surface area contributed by atoms with Crippen LogP contribution in [0.4, 0.5) is 0 Å². The van der Waals surface area contributed by atoms with Gasteiger partial charge in [0.1, 0.15) is 0 Å². The molecule has 0 spiro atoms. The Morgan fingerprint density at radius 1 is 1.03 bits per heavy atom. The highest BCUT2D eigenvalue weighted by molar-refractivity contribution is 5.98. The lowest BCUT2D eigenvalue weighted by atomic mass is 10.0. The minimum absolute atomic E-state index is 0.0220. The maximum atomic E-state index is 12.4. The number of fused-ring (bicyclic) bond motifs is 1. The van der Waals surface area contributed by atoms with Gasteiger partial charge in [-0.2, -0.15) is 0 Å². The number of hydrogen-bond donors (Lipinski definition) is 1. The van der Waals surface area contributed by atoms with Crippen molar-refractivity contribution in [3.63, 3.8) is 0 Å². The topological polar surface area (TPSA) is 79.6 Å². The number of aryl methyl sites for hydroxylation is 2. The van der Waals surface area contributed by atoms with E-state index < -0.39 is 0 Å². The first-order chi connectivity index (χ1) is 14.1. The highest BCUT2D eigenvalue weighted by atomic mass is 16.3. The van der Waals surface area contributed by atoms with Crippen LogP contribution in [0.15, 0.2) is 41.0 Å². The van der Waals surface area contributed by atoms with Gasteiger partial charge in [0.2, 0.25) is 5.91 Å². The summed E-state index contributed by atoms with van der Waals surface area (Å²) in [4.78, 5) is 38.7. The monoisotopic (exact) mass is 394 g/mol. The number of amides is 2. The Morgan fingerprint density at radius 2 is 1.83 bits per heavy atom. The van der Waals surface area contributed by atoms with Crippen LogP contribution in [0.1, 0.15) is 64.1 Å². The minimum atomic E-state index is -0.111. The second-order valence-corrected chi connectivity index (χ2v) is 7.87. The van der Waals surface area contributed by atoms with E-state index in [0.29, 0.717) is 37.3 Å². The molecule has 1 aromatic carbocycles. The molecule has 2 aromatic rings. The van der Waals surface area contributed by atoms with E-state index in [4.69, 9.17) is 4.42 Å². The summed E-state index contributed by atoms with van der Waals surface area (Å²) in [6, 6.07) is 9.33. The van der Waals surface area contributed by atoms with Crippen LogP contribution in [0.2, 0.25) is 0 Å². The zero-order chi connectivity index (χ0) is 20.2. The van der Waals surface area contributed by atoms with Crippen molar-refractivity contribution in [3.8, 4) is 0 Å². The van der Waals surface area contributed by atoms with Crippen LogP contribution in [-0.2, 0) is 17.6 Å². The molecule has 2 aliphatic rings. The Balaban J connectivity index is 1.20. The lowest BCUT2D eigenvalue weighted by Crippen LogP contribution is -2.46. The first kappa shape index (κ1) is 19.4. The van der Waals surface area contributed by atoms with Crippen molar-refractivity contribution in [3.05, 3.63) is 59.0 Å². The molecule has 1 fully saturated rings. The third-order valence-electron chi connectivity index (χ3n) is 5.88. The van der Waals surface area contributed by atoms with Gasteiger partial charge in [0, 0.05) is 37.5 Å². The van der Waals surface area contributed by atoms with Crippen LogP contribution < -0.4 is 5.32 Å². The highest BCUT2D eigenvalue weighted by Gasteiger charge is 2.26. The fraction of sp³-hybridized carbons (Fsp3) is 0.435. The highest BCUT2D eigenvalue weighted by Crippen LogP contribution is 2.23. The Kier molecular flexibility index (Phi) is 5.79. The molecule has 29 heavy (non-hydrogen) atoms. The van der Waals surface area contributed by atoms with Gasteiger partial charge in [-0.15, -0.1) is 0 Å². The number of Topliss-reactive ketones (excluding diaryl/α,β-unsaturated/α-hetero) is 1. The maximum Gasteiger partial charge on any atom is 0.289 e. The molecule has 0 saturated carbocycles. The summed E-state index contributed by atoms with van der Waals surface area (Å²) in [5.74, 6) is 0.154. The molecular weight excluding hydrogens is 368 g/mol. The number of hydrogen-bond acceptors (Lipinski definition) is 4. The number of carbonyl (C=O) groups excluding carboxylic acids is 3. The zero-order valence-electron chi connectivity index (χ0n) is 16.5. The predicted octanol–water partition coefficient (Wildman–Crippen LogP) is 3.15. The van der Waals surface area contributed by atoms with Crippen molar-refractivity contribution in [1.29, 1.82) is 0 Å². The van der Waals surface area contributed by atoms with E-state index in [1.165, 1.54) is 17.4 Å². The van der Waals surface area contributed by atoms with Gasteiger partial charge in [-0.3, -0.25) is 14.4 Å². The molecule has 1 aliphatic carbocycles. The van der Waals surface area contributed by atoms with Gasteiger partial charge in [-0.25, -0.2) is 0 Å². The SMILES string of the molecule is O=C(CCC(=O)c1ccc2c(c1)CCC2)NC1CCN(C(=O)c2ccco2)CC1. The van der Waals surface area contributed by atoms with Crippen molar-refractivity contribution < 1.29 is 18.8 Å². The maximum absolute atomic E-state index is 12.4. The van der Waals surface area contributed by atoms with E-state index in [1.54, 1.807) is 17.0 Å². The normalized spacial score (nSPS) is 16.5. The minimum Gasteiger partial charge on any atom is -0.459 e. The number of ketones is 1. The van der Waals surface area contributed by atoms with Crippen LogP contribution >= 0.6 is 0 Å². The standard InChI is InChI=1S/C23H26N2O4/c26-20(18-7-6-16-3-1-4-17(16)15-18)8-9-22(27)24-19-10-12-25(13-11-19)23(28)21-5-2-14-29-21/h2,5-7,14-15,19H,1,3-4,8-13H2,(H,24,27). The fourth-order valence-corrected chi connectivity index (χ4v) is 4.20.